The summed E-state index contributed by atoms with van der Waals surface area (Å²) in [5, 5.41) is 13.3. The molecule has 7 heteroatoms. The van der Waals surface area contributed by atoms with Gasteiger partial charge in [0.25, 0.3) is 5.69 Å². The SMILES string of the molecule is COC(=O)c1cc(NC(C)=O)c(C)cc1[N+](=O)[O-]. The number of anilines is 1. The molecule has 0 aliphatic heterocycles. The molecule has 96 valence electrons. The second-order valence-corrected chi connectivity index (χ2v) is 3.61. The molecule has 1 rings (SSSR count). The average Bonchev–Trinajstić information content (AvgIpc) is 2.29. The topological polar surface area (TPSA) is 98.5 Å². The molecule has 0 atom stereocenters. The van der Waals surface area contributed by atoms with Crippen LogP contribution in [0, 0.1) is 17.0 Å². The van der Waals surface area contributed by atoms with E-state index in [4.69, 9.17) is 0 Å². The second-order valence-electron chi connectivity index (χ2n) is 3.61. The molecule has 0 saturated heterocycles. The number of esters is 1. The number of benzene rings is 1. The van der Waals surface area contributed by atoms with Gasteiger partial charge in [-0.3, -0.25) is 14.9 Å². The van der Waals surface area contributed by atoms with Gasteiger partial charge in [0.15, 0.2) is 0 Å². The van der Waals surface area contributed by atoms with E-state index in [0.717, 1.165) is 7.11 Å². The lowest BCUT2D eigenvalue weighted by molar-refractivity contribution is -0.385. The van der Waals surface area contributed by atoms with Crippen LogP contribution in [0.2, 0.25) is 0 Å². The Hall–Kier alpha value is -2.44. The molecule has 0 spiro atoms. The number of aryl methyl sites for hydroxylation is 1. The normalized spacial score (nSPS) is 9.72. The fraction of sp³-hybridized carbons (Fsp3) is 0.273. The Morgan fingerprint density at radius 2 is 2.00 bits per heavy atom. The number of methoxy groups -OCH3 is 1. The van der Waals surface area contributed by atoms with Crippen molar-refractivity contribution in [2.75, 3.05) is 12.4 Å². The molecule has 18 heavy (non-hydrogen) atoms. The highest BCUT2D eigenvalue weighted by atomic mass is 16.6. The van der Waals surface area contributed by atoms with Gasteiger partial charge in [-0.25, -0.2) is 4.79 Å². The van der Waals surface area contributed by atoms with Crippen LogP contribution in [0.5, 0.6) is 0 Å². The van der Waals surface area contributed by atoms with E-state index < -0.39 is 10.9 Å². The zero-order valence-corrected chi connectivity index (χ0v) is 10.1. The van der Waals surface area contributed by atoms with Crippen LogP contribution in [-0.2, 0) is 9.53 Å². The Labute approximate surface area is 103 Å². The summed E-state index contributed by atoms with van der Waals surface area (Å²) < 4.78 is 4.47. The van der Waals surface area contributed by atoms with Gasteiger partial charge in [0, 0.05) is 18.7 Å². The monoisotopic (exact) mass is 252 g/mol. The molecule has 0 aliphatic rings. The number of nitrogens with one attached hydrogen (secondary N) is 1. The van der Waals surface area contributed by atoms with Crippen LogP contribution < -0.4 is 5.32 Å². The second kappa shape index (κ2) is 5.26. The Morgan fingerprint density at radius 3 is 2.44 bits per heavy atom. The number of ether oxygens (including phenoxy) is 1. The van der Waals surface area contributed by atoms with Crippen LogP contribution in [0.4, 0.5) is 11.4 Å². The van der Waals surface area contributed by atoms with Crippen LogP contribution in [0.1, 0.15) is 22.8 Å². The highest BCUT2D eigenvalue weighted by Gasteiger charge is 2.23. The maximum atomic E-state index is 11.4. The zero-order chi connectivity index (χ0) is 13.9. The Morgan fingerprint density at radius 1 is 1.39 bits per heavy atom. The van der Waals surface area contributed by atoms with Crippen LogP contribution in [0.3, 0.4) is 0 Å². The molecule has 0 aliphatic carbocycles. The van der Waals surface area contributed by atoms with Crippen molar-refractivity contribution in [1.29, 1.82) is 0 Å². The predicted molar refractivity (Wildman–Crippen MR) is 63.5 cm³/mol. The molecular formula is C11H12N2O5. The smallest absolute Gasteiger partial charge is 0.344 e. The summed E-state index contributed by atoms with van der Waals surface area (Å²) in [7, 11) is 1.13. The van der Waals surface area contributed by atoms with Crippen molar-refractivity contribution < 1.29 is 19.2 Å². The minimum atomic E-state index is -0.826. The van der Waals surface area contributed by atoms with E-state index in [1.807, 2.05) is 0 Å². The third-order valence-electron chi connectivity index (χ3n) is 2.26. The number of carbonyl (C=O) groups excluding carboxylic acids is 2. The molecule has 0 aromatic heterocycles. The third kappa shape index (κ3) is 2.82. The van der Waals surface area contributed by atoms with Crippen LogP contribution in [0.15, 0.2) is 12.1 Å². The lowest BCUT2D eigenvalue weighted by Gasteiger charge is -2.09. The summed E-state index contributed by atoms with van der Waals surface area (Å²) in [5.74, 6) is -1.16. The minimum absolute atomic E-state index is 0.197. The van der Waals surface area contributed by atoms with Gasteiger partial charge >= 0.3 is 5.97 Å². The number of nitro groups is 1. The molecule has 1 aromatic carbocycles. The van der Waals surface area contributed by atoms with E-state index in [1.54, 1.807) is 6.92 Å². The van der Waals surface area contributed by atoms with Gasteiger partial charge in [-0.2, -0.15) is 0 Å². The van der Waals surface area contributed by atoms with Gasteiger partial charge in [0.1, 0.15) is 5.56 Å². The predicted octanol–water partition coefficient (Wildman–Crippen LogP) is 1.65. The summed E-state index contributed by atoms with van der Waals surface area (Å²) >= 11 is 0. The molecule has 0 unspecified atom stereocenters. The van der Waals surface area contributed by atoms with Crippen molar-refractivity contribution in [3.05, 3.63) is 33.4 Å². The first-order valence-corrected chi connectivity index (χ1v) is 5.01. The van der Waals surface area contributed by atoms with Crippen molar-refractivity contribution in [2.24, 2.45) is 0 Å². The van der Waals surface area contributed by atoms with E-state index >= 15 is 0 Å². The number of hydrogen-bond acceptors (Lipinski definition) is 5. The summed E-state index contributed by atoms with van der Waals surface area (Å²) in [4.78, 5) is 32.6. The Bertz CT molecular complexity index is 524. The third-order valence-corrected chi connectivity index (χ3v) is 2.26. The van der Waals surface area contributed by atoms with Crippen LogP contribution in [-0.4, -0.2) is 23.9 Å². The van der Waals surface area contributed by atoms with E-state index in [0.29, 0.717) is 11.3 Å². The number of carbonyl (C=O) groups is 2. The maximum absolute atomic E-state index is 11.4. The quantitative estimate of drug-likeness (QED) is 0.501. The zero-order valence-electron chi connectivity index (χ0n) is 10.1. The largest absolute Gasteiger partial charge is 0.465 e. The number of hydrogen-bond donors (Lipinski definition) is 1. The molecule has 0 saturated carbocycles. The molecule has 0 radical (unpaired) electrons. The van der Waals surface area contributed by atoms with Crippen molar-refractivity contribution in [1.82, 2.24) is 0 Å². The molecule has 1 aromatic rings. The van der Waals surface area contributed by atoms with E-state index in [1.165, 1.54) is 19.1 Å². The number of rotatable bonds is 3. The molecule has 7 nitrogen and oxygen atoms in total. The standard InChI is InChI=1S/C11H12N2O5/c1-6-4-10(13(16)17)8(11(15)18-3)5-9(6)12-7(2)14/h4-5H,1-3H3,(H,12,14). The van der Waals surface area contributed by atoms with Gasteiger partial charge in [-0.15, -0.1) is 0 Å². The van der Waals surface area contributed by atoms with Gasteiger partial charge in [-0.1, -0.05) is 0 Å². The first-order valence-electron chi connectivity index (χ1n) is 5.01. The van der Waals surface area contributed by atoms with Crippen LogP contribution >= 0.6 is 0 Å². The van der Waals surface area contributed by atoms with E-state index in [-0.39, 0.29) is 17.2 Å². The van der Waals surface area contributed by atoms with Gasteiger partial charge < -0.3 is 10.1 Å². The first kappa shape index (κ1) is 13.6. The first-order chi connectivity index (χ1) is 8.36. The minimum Gasteiger partial charge on any atom is -0.465 e. The number of amides is 1. The van der Waals surface area contributed by atoms with E-state index in [2.05, 4.69) is 10.1 Å². The lowest BCUT2D eigenvalue weighted by Crippen LogP contribution is -2.11. The summed E-state index contributed by atoms with van der Waals surface area (Å²) in [6.45, 7) is 2.90. The lowest BCUT2D eigenvalue weighted by atomic mass is 10.1. The summed E-state index contributed by atoms with van der Waals surface area (Å²) in [6, 6.07) is 2.46. The molecule has 1 N–H and O–H groups in total. The fourth-order valence-corrected chi connectivity index (χ4v) is 1.44. The van der Waals surface area contributed by atoms with Gasteiger partial charge in [-0.05, 0) is 18.6 Å². The average molecular weight is 252 g/mol. The Kier molecular flexibility index (Phi) is 3.98. The molecule has 1 amide bonds. The molecule has 0 fully saturated rings. The van der Waals surface area contributed by atoms with E-state index in [9.17, 15) is 19.7 Å². The fourth-order valence-electron chi connectivity index (χ4n) is 1.44. The van der Waals surface area contributed by atoms with Crippen molar-refractivity contribution in [3.63, 3.8) is 0 Å². The maximum Gasteiger partial charge on any atom is 0.344 e. The molecule has 0 heterocycles. The Balaban J connectivity index is 3.40. The molecular weight excluding hydrogens is 240 g/mol. The number of nitrogens with zero attached hydrogens (tertiary/aromatic N) is 1. The van der Waals surface area contributed by atoms with Crippen LogP contribution in [0.25, 0.3) is 0 Å². The van der Waals surface area contributed by atoms with Gasteiger partial charge in [0.2, 0.25) is 5.91 Å². The molecule has 0 bridgehead atoms. The highest BCUT2D eigenvalue weighted by molar-refractivity contribution is 5.97. The summed E-state index contributed by atoms with van der Waals surface area (Å²) in [5.41, 5.74) is 0.281. The van der Waals surface area contributed by atoms with Crippen molar-refractivity contribution in [2.45, 2.75) is 13.8 Å². The van der Waals surface area contributed by atoms with Crippen molar-refractivity contribution in [3.8, 4) is 0 Å². The highest BCUT2D eigenvalue weighted by Crippen LogP contribution is 2.27. The number of nitro benzene ring substituents is 1. The van der Waals surface area contributed by atoms with Crippen molar-refractivity contribution >= 4 is 23.3 Å². The van der Waals surface area contributed by atoms with Gasteiger partial charge in [0.05, 0.1) is 12.0 Å². The summed E-state index contributed by atoms with van der Waals surface area (Å²) in [6.07, 6.45) is 0.